The highest BCUT2D eigenvalue weighted by atomic mass is 16.7. The summed E-state index contributed by atoms with van der Waals surface area (Å²) in [4.78, 5) is 0. The maximum Gasteiger partial charge on any atom is 0.169 e. The summed E-state index contributed by atoms with van der Waals surface area (Å²) in [6, 6.07) is 0. The second-order valence-corrected chi connectivity index (χ2v) is 3.85. The van der Waals surface area contributed by atoms with Crippen molar-refractivity contribution in [3.05, 3.63) is 11.6 Å². The van der Waals surface area contributed by atoms with Crippen molar-refractivity contribution >= 4 is 0 Å². The van der Waals surface area contributed by atoms with Crippen LogP contribution in [0.15, 0.2) is 11.6 Å². The van der Waals surface area contributed by atoms with Gasteiger partial charge in [-0.25, -0.2) is 0 Å². The average Bonchev–Trinajstić information content (AvgIpc) is 2.45. The summed E-state index contributed by atoms with van der Waals surface area (Å²) >= 11 is 0. The molecule has 0 aromatic heterocycles. The van der Waals surface area contributed by atoms with Gasteiger partial charge in [0, 0.05) is 6.42 Å². The molecule has 0 aromatic rings. The lowest BCUT2D eigenvalue weighted by Gasteiger charge is -2.21. The third-order valence-corrected chi connectivity index (χ3v) is 2.08. The number of hydrogen-bond acceptors (Lipinski definition) is 3. The Bertz CT molecular complexity index is 196. The molecule has 0 radical (unpaired) electrons. The van der Waals surface area contributed by atoms with Crippen LogP contribution in [0.1, 0.15) is 27.2 Å². The van der Waals surface area contributed by atoms with Crippen LogP contribution in [-0.4, -0.2) is 30.2 Å². The molecular weight excluding hydrogens is 168 g/mol. The largest absolute Gasteiger partial charge is 0.394 e. The fourth-order valence-corrected chi connectivity index (χ4v) is 1.28. The van der Waals surface area contributed by atoms with Crippen molar-refractivity contribution in [1.29, 1.82) is 0 Å². The molecule has 1 fully saturated rings. The van der Waals surface area contributed by atoms with Gasteiger partial charge in [-0.15, -0.1) is 0 Å². The van der Waals surface area contributed by atoms with Crippen molar-refractivity contribution in [2.75, 3.05) is 13.2 Å². The van der Waals surface area contributed by atoms with Gasteiger partial charge in [0.1, 0.15) is 6.10 Å². The van der Waals surface area contributed by atoms with Crippen LogP contribution in [0.5, 0.6) is 0 Å². The van der Waals surface area contributed by atoms with Crippen LogP contribution >= 0.6 is 0 Å². The lowest BCUT2D eigenvalue weighted by Crippen LogP contribution is -2.26. The van der Waals surface area contributed by atoms with Gasteiger partial charge in [-0.2, -0.15) is 0 Å². The third-order valence-electron chi connectivity index (χ3n) is 2.08. The van der Waals surface area contributed by atoms with Gasteiger partial charge in [0.25, 0.3) is 0 Å². The van der Waals surface area contributed by atoms with Crippen molar-refractivity contribution in [2.45, 2.75) is 39.1 Å². The highest BCUT2D eigenvalue weighted by molar-refractivity contribution is 4.96. The minimum absolute atomic E-state index is 0.0322. The van der Waals surface area contributed by atoms with Gasteiger partial charge in [-0.3, -0.25) is 0 Å². The highest BCUT2D eigenvalue weighted by Gasteiger charge is 2.35. The molecule has 0 saturated carbocycles. The Morgan fingerprint density at radius 1 is 1.62 bits per heavy atom. The number of aliphatic hydroxyl groups excluding tert-OH is 1. The van der Waals surface area contributed by atoms with Crippen LogP contribution in [0.3, 0.4) is 0 Å². The van der Waals surface area contributed by atoms with Crippen LogP contribution < -0.4 is 0 Å². The average molecular weight is 186 g/mol. The fraction of sp³-hybridized carbons (Fsp3) is 0.800. The van der Waals surface area contributed by atoms with E-state index in [0.29, 0.717) is 6.61 Å². The van der Waals surface area contributed by atoms with Gasteiger partial charge >= 0.3 is 0 Å². The summed E-state index contributed by atoms with van der Waals surface area (Å²) in [6.45, 7) is 6.51. The summed E-state index contributed by atoms with van der Waals surface area (Å²) in [5.41, 5.74) is 1.25. The number of allylic oxidation sites excluding steroid dienone is 1. The van der Waals surface area contributed by atoms with Gasteiger partial charge in [0.05, 0.1) is 13.2 Å². The summed E-state index contributed by atoms with van der Waals surface area (Å²) in [5, 5.41) is 8.86. The number of aliphatic hydroxyl groups is 1. The Labute approximate surface area is 79.3 Å². The van der Waals surface area contributed by atoms with Crippen molar-refractivity contribution in [2.24, 2.45) is 0 Å². The zero-order chi connectivity index (χ0) is 9.90. The van der Waals surface area contributed by atoms with Crippen molar-refractivity contribution in [1.82, 2.24) is 0 Å². The van der Waals surface area contributed by atoms with E-state index in [0.717, 1.165) is 6.42 Å². The van der Waals surface area contributed by atoms with E-state index in [4.69, 9.17) is 14.6 Å². The standard InChI is InChI=1S/C10H18O3/c1-8(2)4-5-10(3)12-7-9(6-11)13-10/h4,9,11H,5-7H2,1-3H3/t9-,10+/m0/s1. The Balaban J connectivity index is 2.45. The molecule has 0 aliphatic carbocycles. The highest BCUT2D eigenvalue weighted by Crippen LogP contribution is 2.27. The summed E-state index contributed by atoms with van der Waals surface area (Å²) in [5.74, 6) is -0.537. The van der Waals surface area contributed by atoms with E-state index in [1.807, 2.05) is 20.8 Å². The van der Waals surface area contributed by atoms with E-state index >= 15 is 0 Å². The Kier molecular flexibility index (Phi) is 3.47. The summed E-state index contributed by atoms with van der Waals surface area (Å²) in [7, 11) is 0. The van der Waals surface area contributed by atoms with Gasteiger partial charge in [0.2, 0.25) is 0 Å². The molecule has 3 nitrogen and oxygen atoms in total. The van der Waals surface area contributed by atoms with Crippen LogP contribution in [0.2, 0.25) is 0 Å². The molecule has 1 saturated heterocycles. The zero-order valence-corrected chi connectivity index (χ0v) is 8.54. The third kappa shape index (κ3) is 3.10. The topological polar surface area (TPSA) is 38.7 Å². The normalized spacial score (nSPS) is 33.4. The van der Waals surface area contributed by atoms with E-state index in [1.54, 1.807) is 0 Å². The molecule has 1 aliphatic rings. The minimum atomic E-state index is -0.537. The van der Waals surface area contributed by atoms with Crippen molar-refractivity contribution < 1.29 is 14.6 Å². The molecule has 76 valence electrons. The van der Waals surface area contributed by atoms with Crippen molar-refractivity contribution in [3.63, 3.8) is 0 Å². The molecule has 0 bridgehead atoms. The van der Waals surface area contributed by atoms with E-state index in [1.165, 1.54) is 5.57 Å². The second-order valence-electron chi connectivity index (χ2n) is 3.85. The maximum absolute atomic E-state index is 8.86. The van der Waals surface area contributed by atoms with E-state index in [9.17, 15) is 0 Å². The van der Waals surface area contributed by atoms with Crippen LogP contribution in [0.4, 0.5) is 0 Å². The van der Waals surface area contributed by atoms with Crippen molar-refractivity contribution in [3.8, 4) is 0 Å². The monoisotopic (exact) mass is 186 g/mol. The molecule has 3 heteroatoms. The first-order chi connectivity index (χ1) is 6.06. The van der Waals surface area contributed by atoms with Gasteiger partial charge in [0.15, 0.2) is 5.79 Å². The maximum atomic E-state index is 8.86. The lowest BCUT2D eigenvalue weighted by molar-refractivity contribution is -0.154. The van der Waals surface area contributed by atoms with E-state index in [-0.39, 0.29) is 12.7 Å². The molecule has 13 heavy (non-hydrogen) atoms. The van der Waals surface area contributed by atoms with E-state index in [2.05, 4.69) is 6.08 Å². The van der Waals surface area contributed by atoms with Gasteiger partial charge in [-0.1, -0.05) is 11.6 Å². The molecule has 0 unspecified atom stereocenters. The lowest BCUT2D eigenvalue weighted by atomic mass is 10.2. The molecule has 1 aliphatic heterocycles. The molecule has 1 heterocycles. The first kappa shape index (κ1) is 10.7. The quantitative estimate of drug-likeness (QED) is 0.678. The molecular formula is C10H18O3. The smallest absolute Gasteiger partial charge is 0.169 e. The predicted molar refractivity (Wildman–Crippen MR) is 50.4 cm³/mol. The summed E-state index contributed by atoms with van der Waals surface area (Å²) < 4.78 is 11.0. The molecule has 0 spiro atoms. The number of rotatable bonds is 3. The Morgan fingerprint density at radius 2 is 2.31 bits per heavy atom. The Morgan fingerprint density at radius 3 is 2.77 bits per heavy atom. The second kappa shape index (κ2) is 4.22. The molecule has 1 rings (SSSR count). The fourth-order valence-electron chi connectivity index (χ4n) is 1.28. The first-order valence-corrected chi connectivity index (χ1v) is 4.62. The van der Waals surface area contributed by atoms with Gasteiger partial charge in [-0.05, 0) is 20.8 Å². The van der Waals surface area contributed by atoms with E-state index < -0.39 is 5.79 Å². The SMILES string of the molecule is CC(C)=CC[C@]1(C)OC[C@H](CO)O1. The summed E-state index contributed by atoms with van der Waals surface area (Å²) in [6.07, 6.45) is 2.67. The molecule has 2 atom stereocenters. The van der Waals surface area contributed by atoms with Crippen LogP contribution in [-0.2, 0) is 9.47 Å². The molecule has 0 aromatic carbocycles. The van der Waals surface area contributed by atoms with Gasteiger partial charge < -0.3 is 14.6 Å². The molecule has 0 amide bonds. The minimum Gasteiger partial charge on any atom is -0.394 e. The zero-order valence-electron chi connectivity index (χ0n) is 8.54. The number of hydrogen-bond donors (Lipinski definition) is 1. The predicted octanol–water partition coefficient (Wildman–Crippen LogP) is 1.47. The van der Waals surface area contributed by atoms with Crippen LogP contribution in [0, 0.1) is 0 Å². The number of ether oxygens (including phenoxy) is 2. The molecule has 1 N–H and O–H groups in total. The Hall–Kier alpha value is -0.380. The first-order valence-electron chi connectivity index (χ1n) is 4.62. The van der Waals surface area contributed by atoms with Crippen LogP contribution in [0.25, 0.3) is 0 Å².